The van der Waals surface area contributed by atoms with Gasteiger partial charge in [-0.3, -0.25) is 9.78 Å². The van der Waals surface area contributed by atoms with Crippen molar-refractivity contribution in [1.82, 2.24) is 15.2 Å². The number of aromatic nitrogens is 1. The maximum atomic E-state index is 12.1. The molecule has 0 spiro atoms. The number of carbonyl (C=O) groups excluding carboxylic acids is 1. The van der Waals surface area contributed by atoms with E-state index in [1.807, 2.05) is 0 Å². The topological polar surface area (TPSA) is 71.2 Å². The van der Waals surface area contributed by atoms with Gasteiger partial charge in [0.1, 0.15) is 0 Å². The van der Waals surface area contributed by atoms with Crippen molar-refractivity contribution in [2.24, 2.45) is 11.7 Å². The maximum absolute atomic E-state index is 12.1. The van der Waals surface area contributed by atoms with Crippen LogP contribution in [-0.4, -0.2) is 49.0 Å². The molecule has 1 unspecified atom stereocenters. The molecule has 5 heteroatoms. The normalized spacial score (nSPS) is 18.4. The van der Waals surface area contributed by atoms with Gasteiger partial charge in [-0.1, -0.05) is 11.8 Å². The van der Waals surface area contributed by atoms with E-state index in [2.05, 4.69) is 34.1 Å². The lowest BCUT2D eigenvalue weighted by Gasteiger charge is -2.11. The van der Waals surface area contributed by atoms with Gasteiger partial charge < -0.3 is 16.0 Å². The van der Waals surface area contributed by atoms with Crippen LogP contribution in [0.4, 0.5) is 0 Å². The van der Waals surface area contributed by atoms with E-state index in [-0.39, 0.29) is 5.91 Å². The van der Waals surface area contributed by atoms with Crippen molar-refractivity contribution in [3.05, 3.63) is 29.6 Å². The van der Waals surface area contributed by atoms with Crippen LogP contribution >= 0.6 is 0 Å². The minimum Gasteiger partial charge on any atom is -0.352 e. The molecule has 0 radical (unpaired) electrons. The zero-order valence-electron chi connectivity index (χ0n) is 11.7. The second-order valence-corrected chi connectivity index (χ2v) is 5.10. The SMILES string of the molecule is CN1CCC(CNC(=O)c2cncc(C#CCN)c2)C1. The largest absolute Gasteiger partial charge is 0.352 e. The van der Waals surface area contributed by atoms with Gasteiger partial charge in [-0.05, 0) is 32.0 Å². The van der Waals surface area contributed by atoms with E-state index in [1.54, 1.807) is 18.5 Å². The fourth-order valence-corrected chi connectivity index (χ4v) is 2.32. The number of hydrogen-bond acceptors (Lipinski definition) is 4. The Hall–Kier alpha value is -1.90. The van der Waals surface area contributed by atoms with E-state index in [9.17, 15) is 4.79 Å². The number of nitrogens with one attached hydrogen (secondary N) is 1. The van der Waals surface area contributed by atoms with Crippen LogP contribution in [0, 0.1) is 17.8 Å². The molecule has 1 aromatic rings. The van der Waals surface area contributed by atoms with E-state index in [1.165, 1.54) is 0 Å². The summed E-state index contributed by atoms with van der Waals surface area (Å²) in [4.78, 5) is 18.4. The van der Waals surface area contributed by atoms with Crippen molar-refractivity contribution in [1.29, 1.82) is 0 Å². The number of carbonyl (C=O) groups is 1. The quantitative estimate of drug-likeness (QED) is 0.764. The van der Waals surface area contributed by atoms with Gasteiger partial charge in [-0.2, -0.15) is 0 Å². The lowest BCUT2D eigenvalue weighted by atomic mass is 10.1. The van der Waals surface area contributed by atoms with Crippen molar-refractivity contribution in [3.63, 3.8) is 0 Å². The molecule has 5 nitrogen and oxygen atoms in total. The molecule has 1 aliphatic heterocycles. The molecule has 2 heterocycles. The molecule has 1 saturated heterocycles. The molecule has 1 fully saturated rings. The van der Waals surface area contributed by atoms with Gasteiger partial charge in [-0.25, -0.2) is 0 Å². The number of nitrogens with zero attached hydrogens (tertiary/aromatic N) is 2. The summed E-state index contributed by atoms with van der Waals surface area (Å²) < 4.78 is 0. The summed E-state index contributed by atoms with van der Waals surface area (Å²) in [6, 6.07) is 1.74. The lowest BCUT2D eigenvalue weighted by Crippen LogP contribution is -2.30. The van der Waals surface area contributed by atoms with Gasteiger partial charge in [-0.15, -0.1) is 0 Å². The third-order valence-corrected chi connectivity index (χ3v) is 3.38. The highest BCUT2D eigenvalue weighted by Crippen LogP contribution is 2.13. The summed E-state index contributed by atoms with van der Waals surface area (Å²) >= 11 is 0. The first-order valence-electron chi connectivity index (χ1n) is 6.79. The molecular formula is C15H20N4O. The van der Waals surface area contributed by atoms with Crippen LogP contribution in [0.15, 0.2) is 18.5 Å². The zero-order valence-corrected chi connectivity index (χ0v) is 11.7. The molecular weight excluding hydrogens is 252 g/mol. The summed E-state index contributed by atoms with van der Waals surface area (Å²) in [6.07, 6.45) is 4.33. The molecule has 1 amide bonds. The van der Waals surface area contributed by atoms with E-state index >= 15 is 0 Å². The van der Waals surface area contributed by atoms with E-state index < -0.39 is 0 Å². The molecule has 0 bridgehead atoms. The minimum absolute atomic E-state index is 0.0940. The fourth-order valence-electron chi connectivity index (χ4n) is 2.32. The van der Waals surface area contributed by atoms with Crippen LogP contribution < -0.4 is 11.1 Å². The van der Waals surface area contributed by atoms with Gasteiger partial charge >= 0.3 is 0 Å². The number of hydrogen-bond donors (Lipinski definition) is 2. The van der Waals surface area contributed by atoms with Crippen LogP contribution in [0.5, 0.6) is 0 Å². The fraction of sp³-hybridized carbons (Fsp3) is 0.467. The Labute approximate surface area is 119 Å². The Kier molecular flexibility index (Phi) is 5.10. The van der Waals surface area contributed by atoms with Crippen molar-refractivity contribution in [2.45, 2.75) is 6.42 Å². The van der Waals surface area contributed by atoms with Gasteiger partial charge in [0.15, 0.2) is 0 Å². The number of nitrogens with two attached hydrogens (primary N) is 1. The highest BCUT2D eigenvalue weighted by Gasteiger charge is 2.20. The van der Waals surface area contributed by atoms with Crippen LogP contribution in [0.3, 0.4) is 0 Å². The molecule has 1 aromatic heterocycles. The van der Waals surface area contributed by atoms with E-state index in [0.717, 1.165) is 19.5 Å². The molecule has 0 aromatic carbocycles. The van der Waals surface area contributed by atoms with E-state index in [0.29, 0.717) is 30.1 Å². The number of amides is 1. The second-order valence-electron chi connectivity index (χ2n) is 5.10. The van der Waals surface area contributed by atoms with Crippen LogP contribution in [0.2, 0.25) is 0 Å². The molecule has 0 saturated carbocycles. The average molecular weight is 272 g/mol. The molecule has 3 N–H and O–H groups in total. The Morgan fingerprint density at radius 2 is 2.45 bits per heavy atom. The lowest BCUT2D eigenvalue weighted by molar-refractivity contribution is 0.0947. The standard InChI is InChI=1S/C15H20N4O/c1-19-6-4-13(11-19)9-18-15(20)14-7-12(3-2-5-16)8-17-10-14/h7-8,10,13H,4-6,9,11,16H2,1H3,(H,18,20). The highest BCUT2D eigenvalue weighted by atomic mass is 16.1. The van der Waals surface area contributed by atoms with Crippen molar-refractivity contribution < 1.29 is 4.79 Å². The van der Waals surface area contributed by atoms with Crippen LogP contribution in [0.25, 0.3) is 0 Å². The third kappa shape index (κ3) is 4.05. The second kappa shape index (κ2) is 7.04. The van der Waals surface area contributed by atoms with Gasteiger partial charge in [0.25, 0.3) is 5.91 Å². The summed E-state index contributed by atoms with van der Waals surface area (Å²) in [5.41, 5.74) is 6.58. The van der Waals surface area contributed by atoms with Gasteiger partial charge in [0.05, 0.1) is 12.1 Å². The average Bonchev–Trinajstić information content (AvgIpc) is 2.88. The summed E-state index contributed by atoms with van der Waals surface area (Å²) in [5.74, 6) is 6.08. The number of likely N-dealkylation sites (tertiary alicyclic amines) is 1. The molecule has 1 atom stereocenters. The van der Waals surface area contributed by atoms with E-state index in [4.69, 9.17) is 5.73 Å². The number of pyridine rings is 1. The minimum atomic E-state index is -0.0940. The zero-order chi connectivity index (χ0) is 14.4. The summed E-state index contributed by atoms with van der Waals surface area (Å²) in [7, 11) is 2.10. The molecule has 20 heavy (non-hydrogen) atoms. The predicted octanol–water partition coefficient (Wildman–Crippen LogP) is 0.0733. The maximum Gasteiger partial charge on any atom is 0.252 e. The first-order valence-corrected chi connectivity index (χ1v) is 6.79. The van der Waals surface area contributed by atoms with Gasteiger partial charge in [0.2, 0.25) is 0 Å². The molecule has 106 valence electrons. The smallest absolute Gasteiger partial charge is 0.252 e. The highest BCUT2D eigenvalue weighted by molar-refractivity contribution is 5.94. The van der Waals surface area contributed by atoms with Gasteiger partial charge in [0, 0.05) is 31.0 Å². The monoisotopic (exact) mass is 272 g/mol. The molecule has 2 rings (SSSR count). The predicted molar refractivity (Wildman–Crippen MR) is 78.1 cm³/mol. The molecule has 0 aliphatic carbocycles. The Bertz CT molecular complexity index is 532. The molecule has 1 aliphatic rings. The van der Waals surface area contributed by atoms with Crippen molar-refractivity contribution in [3.8, 4) is 11.8 Å². The Morgan fingerprint density at radius 1 is 1.60 bits per heavy atom. The third-order valence-electron chi connectivity index (χ3n) is 3.38. The van der Waals surface area contributed by atoms with Crippen molar-refractivity contribution >= 4 is 5.91 Å². The first-order chi connectivity index (χ1) is 9.69. The Morgan fingerprint density at radius 3 is 3.15 bits per heavy atom. The first kappa shape index (κ1) is 14.5. The van der Waals surface area contributed by atoms with Crippen LogP contribution in [-0.2, 0) is 0 Å². The number of rotatable bonds is 3. The van der Waals surface area contributed by atoms with Crippen molar-refractivity contribution in [2.75, 3.05) is 33.2 Å². The van der Waals surface area contributed by atoms with Crippen LogP contribution in [0.1, 0.15) is 22.3 Å². The summed E-state index contributed by atoms with van der Waals surface area (Å²) in [6.45, 7) is 3.15. The summed E-state index contributed by atoms with van der Waals surface area (Å²) in [5, 5.41) is 2.97. The Balaban J connectivity index is 1.92.